The smallest absolute Gasteiger partial charge is 0.180 e. The second kappa shape index (κ2) is 6.05. The van der Waals surface area contributed by atoms with Crippen molar-refractivity contribution >= 4 is 32.2 Å². The number of benzene rings is 1. The van der Waals surface area contributed by atoms with E-state index in [4.69, 9.17) is 0 Å². The highest BCUT2D eigenvalue weighted by atomic mass is 33.1. The third-order valence-corrected chi connectivity index (χ3v) is 7.00. The number of nitrogens with zero attached hydrogens (tertiary/aromatic N) is 1. The van der Waals surface area contributed by atoms with E-state index in [0.717, 1.165) is 0 Å². The van der Waals surface area contributed by atoms with Gasteiger partial charge < -0.3 is 0 Å². The molecule has 2 heterocycles. The molecule has 4 rings (SSSR count). The summed E-state index contributed by atoms with van der Waals surface area (Å²) in [6.07, 6.45) is 9.07. The summed E-state index contributed by atoms with van der Waals surface area (Å²) in [5.74, 6) is 0. The maximum absolute atomic E-state index is 2.65. The number of rotatable bonds is 1. The lowest BCUT2D eigenvalue weighted by Gasteiger charge is -2.03. The second-order valence-electron chi connectivity index (χ2n) is 5.88. The molecule has 1 saturated carbocycles. The molecule has 0 bridgehead atoms. The Morgan fingerprint density at radius 2 is 1.67 bits per heavy atom. The molecule has 0 atom stereocenters. The van der Waals surface area contributed by atoms with Gasteiger partial charge in [0.25, 0.3) is 0 Å². The standard InChI is InChI=1S/C18H20NS2/c1-2-7-14(8-3-1)17-13-18(21-20-17)15-9-6-10-16(15)19-11-4-5-12-19/h1-3,7-8,13H,4-6,9-12H2/q+1/b18-15-. The Bertz CT molecular complexity index is 632. The molecule has 1 aromatic rings. The highest BCUT2D eigenvalue weighted by Gasteiger charge is 2.30. The molecule has 1 aromatic carbocycles. The number of hydrogen-bond donors (Lipinski definition) is 0. The Balaban J connectivity index is 1.70. The summed E-state index contributed by atoms with van der Waals surface area (Å²) < 4.78 is 2.65. The van der Waals surface area contributed by atoms with Crippen molar-refractivity contribution in [2.75, 3.05) is 13.1 Å². The van der Waals surface area contributed by atoms with Crippen molar-refractivity contribution in [3.8, 4) is 0 Å². The molecule has 1 aliphatic carbocycles. The van der Waals surface area contributed by atoms with E-state index in [-0.39, 0.29) is 0 Å². The van der Waals surface area contributed by atoms with Crippen molar-refractivity contribution in [1.82, 2.24) is 0 Å². The Hall–Kier alpha value is -0.930. The van der Waals surface area contributed by atoms with Crippen LogP contribution in [-0.4, -0.2) is 23.4 Å². The second-order valence-corrected chi connectivity index (χ2v) is 8.09. The van der Waals surface area contributed by atoms with Gasteiger partial charge in [-0.3, -0.25) is 0 Å². The van der Waals surface area contributed by atoms with Crippen LogP contribution >= 0.6 is 21.6 Å². The maximum atomic E-state index is 2.65. The number of hydrogen-bond acceptors (Lipinski definition) is 2. The summed E-state index contributed by atoms with van der Waals surface area (Å²) in [6.45, 7) is 2.55. The molecule has 0 radical (unpaired) electrons. The predicted octanol–water partition coefficient (Wildman–Crippen LogP) is 5.11. The van der Waals surface area contributed by atoms with Crippen LogP contribution in [0, 0.1) is 0 Å². The van der Waals surface area contributed by atoms with Crippen molar-refractivity contribution in [2.24, 2.45) is 0 Å². The molecule has 0 unspecified atom stereocenters. The first-order chi connectivity index (χ1) is 10.4. The van der Waals surface area contributed by atoms with Gasteiger partial charge in [0.1, 0.15) is 13.1 Å². The van der Waals surface area contributed by atoms with Crippen molar-refractivity contribution in [2.45, 2.75) is 32.1 Å². The molecule has 0 amide bonds. The molecule has 108 valence electrons. The molecule has 21 heavy (non-hydrogen) atoms. The largest absolute Gasteiger partial charge is 0.233 e. The van der Waals surface area contributed by atoms with Gasteiger partial charge in [-0.1, -0.05) is 51.9 Å². The molecular weight excluding hydrogens is 294 g/mol. The summed E-state index contributed by atoms with van der Waals surface area (Å²) in [5.41, 5.74) is 4.65. The SMILES string of the molecule is C1=C(c2ccccc2)SS/C1=C1/CCCC1=[N+]1CCCC1. The highest BCUT2D eigenvalue weighted by Crippen LogP contribution is 2.51. The summed E-state index contributed by atoms with van der Waals surface area (Å²) in [6, 6.07) is 10.8. The average molecular weight is 314 g/mol. The fraction of sp³-hybridized carbons (Fsp3) is 0.389. The summed E-state index contributed by atoms with van der Waals surface area (Å²) in [4.78, 5) is 2.93. The van der Waals surface area contributed by atoms with Gasteiger partial charge in [0.2, 0.25) is 0 Å². The molecule has 2 fully saturated rings. The van der Waals surface area contributed by atoms with E-state index in [1.54, 1.807) is 11.3 Å². The van der Waals surface area contributed by atoms with Crippen LogP contribution in [0.4, 0.5) is 0 Å². The fourth-order valence-corrected chi connectivity index (χ4v) is 6.01. The van der Waals surface area contributed by atoms with Crippen LogP contribution in [0.3, 0.4) is 0 Å². The maximum Gasteiger partial charge on any atom is 0.180 e. The van der Waals surface area contributed by atoms with Crippen LogP contribution in [0.25, 0.3) is 4.91 Å². The van der Waals surface area contributed by atoms with E-state index < -0.39 is 0 Å². The first-order valence-corrected chi connectivity index (χ1v) is 10.0. The van der Waals surface area contributed by atoms with E-state index in [1.807, 2.05) is 21.6 Å². The Morgan fingerprint density at radius 3 is 2.48 bits per heavy atom. The first kappa shape index (κ1) is 13.7. The zero-order valence-electron chi connectivity index (χ0n) is 12.2. The minimum atomic E-state index is 1.27. The van der Waals surface area contributed by atoms with Crippen molar-refractivity contribution < 1.29 is 4.58 Å². The molecule has 3 heteroatoms. The zero-order chi connectivity index (χ0) is 14.1. The molecule has 0 spiro atoms. The van der Waals surface area contributed by atoms with Gasteiger partial charge in [-0.15, -0.1) is 0 Å². The molecule has 0 aromatic heterocycles. The van der Waals surface area contributed by atoms with Gasteiger partial charge in [-0.25, -0.2) is 4.58 Å². The van der Waals surface area contributed by atoms with Crippen LogP contribution < -0.4 is 0 Å². The summed E-state index contributed by atoms with van der Waals surface area (Å²) in [5, 5.41) is 0. The highest BCUT2D eigenvalue weighted by molar-refractivity contribution is 8.82. The predicted molar refractivity (Wildman–Crippen MR) is 94.7 cm³/mol. The quantitative estimate of drug-likeness (QED) is 0.523. The van der Waals surface area contributed by atoms with Crippen LogP contribution in [0.5, 0.6) is 0 Å². The summed E-state index contributed by atoms with van der Waals surface area (Å²) >= 11 is 0. The van der Waals surface area contributed by atoms with Crippen molar-refractivity contribution in [3.05, 3.63) is 52.4 Å². The molecule has 1 saturated heterocycles. The monoisotopic (exact) mass is 314 g/mol. The van der Waals surface area contributed by atoms with Gasteiger partial charge in [-0.2, -0.15) is 0 Å². The normalized spacial score (nSPS) is 25.8. The van der Waals surface area contributed by atoms with E-state index in [1.165, 1.54) is 60.6 Å². The minimum Gasteiger partial charge on any atom is -0.233 e. The Morgan fingerprint density at radius 1 is 0.857 bits per heavy atom. The molecule has 0 N–H and O–H groups in total. The van der Waals surface area contributed by atoms with E-state index in [2.05, 4.69) is 41.0 Å². The molecule has 1 nitrogen and oxygen atoms in total. The first-order valence-electron chi connectivity index (χ1n) is 7.88. The topological polar surface area (TPSA) is 3.01 Å². The Kier molecular flexibility index (Phi) is 3.95. The van der Waals surface area contributed by atoms with Crippen LogP contribution in [0.15, 0.2) is 46.9 Å². The summed E-state index contributed by atoms with van der Waals surface area (Å²) in [7, 11) is 3.88. The molecule has 3 aliphatic rings. The Labute approximate surface area is 134 Å². The van der Waals surface area contributed by atoms with E-state index in [9.17, 15) is 0 Å². The lowest BCUT2D eigenvalue weighted by atomic mass is 10.1. The van der Waals surface area contributed by atoms with Gasteiger partial charge in [0.05, 0.1) is 0 Å². The van der Waals surface area contributed by atoms with Gasteiger partial charge in [0.15, 0.2) is 5.71 Å². The fourth-order valence-electron chi connectivity index (χ4n) is 3.46. The van der Waals surface area contributed by atoms with Gasteiger partial charge in [-0.05, 0) is 24.5 Å². The lowest BCUT2D eigenvalue weighted by molar-refractivity contribution is -0.506. The van der Waals surface area contributed by atoms with E-state index >= 15 is 0 Å². The molecular formula is C18H20NS2+. The zero-order valence-corrected chi connectivity index (χ0v) is 13.8. The molecule has 2 aliphatic heterocycles. The van der Waals surface area contributed by atoms with Crippen LogP contribution in [0.2, 0.25) is 0 Å². The van der Waals surface area contributed by atoms with Crippen LogP contribution in [0.1, 0.15) is 37.7 Å². The van der Waals surface area contributed by atoms with Gasteiger partial charge in [0, 0.05) is 34.6 Å². The average Bonchev–Trinajstić information content (AvgIpc) is 3.27. The third-order valence-electron chi connectivity index (χ3n) is 4.52. The third kappa shape index (κ3) is 2.74. The van der Waals surface area contributed by atoms with Crippen LogP contribution in [-0.2, 0) is 0 Å². The lowest BCUT2D eigenvalue weighted by Crippen LogP contribution is -2.17. The van der Waals surface area contributed by atoms with Gasteiger partial charge >= 0.3 is 0 Å². The van der Waals surface area contributed by atoms with E-state index in [0.29, 0.717) is 0 Å². The minimum absolute atomic E-state index is 1.27. The number of allylic oxidation sites excluding steroid dienone is 2. The van der Waals surface area contributed by atoms with Crippen molar-refractivity contribution in [1.29, 1.82) is 0 Å². The van der Waals surface area contributed by atoms with Crippen molar-refractivity contribution in [3.63, 3.8) is 0 Å².